The molecule has 0 bridgehead atoms. The van der Waals surface area contributed by atoms with Gasteiger partial charge in [-0.1, -0.05) is 36.4 Å². The Hall–Kier alpha value is -2.99. The quantitative estimate of drug-likeness (QED) is 0.665. The molecule has 26 heavy (non-hydrogen) atoms. The Kier molecular flexibility index (Phi) is 4.86. The first kappa shape index (κ1) is 17.8. The van der Waals surface area contributed by atoms with Crippen molar-refractivity contribution in [3.8, 4) is 5.75 Å². The van der Waals surface area contributed by atoms with Crippen molar-refractivity contribution in [1.82, 2.24) is 10.6 Å². The molecule has 4 N–H and O–H groups in total. The summed E-state index contributed by atoms with van der Waals surface area (Å²) in [5, 5.41) is 18.1. The second-order valence-electron chi connectivity index (χ2n) is 6.12. The van der Waals surface area contributed by atoms with Crippen LogP contribution in [0.25, 0.3) is 0 Å². The molecule has 7 heteroatoms. The number of aryl methyl sites for hydroxylation is 1. The molecule has 1 heterocycles. The fourth-order valence-electron chi connectivity index (χ4n) is 2.89. The highest BCUT2D eigenvalue weighted by Crippen LogP contribution is 2.32. The average Bonchev–Trinajstić information content (AvgIpc) is 2.58. The normalized spacial score (nSPS) is 19.5. The third-order valence-corrected chi connectivity index (χ3v) is 4.50. The summed E-state index contributed by atoms with van der Waals surface area (Å²) in [4.78, 5) is 24.8. The summed E-state index contributed by atoms with van der Waals surface area (Å²) in [6, 6.07) is 10.5. The first-order chi connectivity index (χ1) is 12.3. The molecule has 1 fully saturated rings. The van der Waals surface area contributed by atoms with Crippen LogP contribution in [0.3, 0.4) is 0 Å². The van der Waals surface area contributed by atoms with Crippen LogP contribution in [0.2, 0.25) is 5.02 Å². The molecule has 1 saturated heterocycles. The number of carbonyl (C=O) groups excluding carboxylic acids is 2. The number of rotatable bonds is 3. The van der Waals surface area contributed by atoms with Crippen molar-refractivity contribution in [1.29, 1.82) is 0 Å². The lowest BCUT2D eigenvalue weighted by molar-refractivity contribution is -0.119. The second-order valence-corrected chi connectivity index (χ2v) is 6.56. The van der Waals surface area contributed by atoms with Crippen molar-refractivity contribution in [2.75, 3.05) is 5.32 Å². The SMILES string of the molecule is C=C1NC(=O)N[C@@H](c2ccc(O)cc2)[C@H]1C(=O)Nc1cc(Cl)ccc1C. The fourth-order valence-corrected chi connectivity index (χ4v) is 3.06. The molecule has 0 radical (unpaired) electrons. The number of phenols is 1. The second kappa shape index (κ2) is 7.09. The van der Waals surface area contributed by atoms with Gasteiger partial charge in [-0.05, 0) is 42.3 Å². The van der Waals surface area contributed by atoms with Gasteiger partial charge in [0.2, 0.25) is 5.91 Å². The number of urea groups is 1. The molecule has 0 aliphatic carbocycles. The van der Waals surface area contributed by atoms with Crippen molar-refractivity contribution in [3.63, 3.8) is 0 Å². The third-order valence-electron chi connectivity index (χ3n) is 4.26. The highest BCUT2D eigenvalue weighted by atomic mass is 35.5. The maximum Gasteiger partial charge on any atom is 0.319 e. The molecular weight excluding hydrogens is 354 g/mol. The van der Waals surface area contributed by atoms with Crippen molar-refractivity contribution >= 4 is 29.2 Å². The fraction of sp³-hybridized carbons (Fsp3) is 0.158. The monoisotopic (exact) mass is 371 g/mol. The first-order valence-electron chi connectivity index (χ1n) is 7.97. The Bertz CT molecular complexity index is 880. The van der Waals surface area contributed by atoms with Gasteiger partial charge in [0.1, 0.15) is 11.7 Å². The van der Waals surface area contributed by atoms with E-state index in [4.69, 9.17) is 11.6 Å². The van der Waals surface area contributed by atoms with Gasteiger partial charge in [0.25, 0.3) is 0 Å². The molecule has 1 aliphatic rings. The van der Waals surface area contributed by atoms with Crippen LogP contribution in [0, 0.1) is 12.8 Å². The smallest absolute Gasteiger partial charge is 0.319 e. The van der Waals surface area contributed by atoms with Crippen molar-refractivity contribution in [2.24, 2.45) is 5.92 Å². The summed E-state index contributed by atoms with van der Waals surface area (Å²) in [5.41, 5.74) is 2.43. The highest BCUT2D eigenvalue weighted by molar-refractivity contribution is 6.31. The van der Waals surface area contributed by atoms with E-state index in [1.54, 1.807) is 24.3 Å². The Morgan fingerprint density at radius 3 is 2.62 bits per heavy atom. The van der Waals surface area contributed by atoms with Gasteiger partial charge in [-0.2, -0.15) is 0 Å². The van der Waals surface area contributed by atoms with Crippen LogP contribution in [0.1, 0.15) is 17.2 Å². The van der Waals surface area contributed by atoms with E-state index in [1.807, 2.05) is 13.0 Å². The summed E-state index contributed by atoms with van der Waals surface area (Å²) in [7, 11) is 0. The lowest BCUT2D eigenvalue weighted by Gasteiger charge is -2.34. The molecule has 6 nitrogen and oxygen atoms in total. The van der Waals surface area contributed by atoms with Gasteiger partial charge in [-0.15, -0.1) is 0 Å². The number of hydrogen-bond acceptors (Lipinski definition) is 3. The zero-order chi connectivity index (χ0) is 18.8. The van der Waals surface area contributed by atoms with E-state index >= 15 is 0 Å². The lowest BCUT2D eigenvalue weighted by Crippen LogP contribution is -2.51. The number of anilines is 1. The van der Waals surface area contributed by atoms with Crippen LogP contribution in [-0.2, 0) is 4.79 Å². The van der Waals surface area contributed by atoms with Crippen LogP contribution in [0.5, 0.6) is 5.75 Å². The van der Waals surface area contributed by atoms with Crippen LogP contribution < -0.4 is 16.0 Å². The molecule has 0 aromatic heterocycles. The number of amides is 3. The molecule has 0 saturated carbocycles. The Morgan fingerprint density at radius 1 is 1.23 bits per heavy atom. The predicted octanol–water partition coefficient (Wildman–Crippen LogP) is 3.48. The van der Waals surface area contributed by atoms with Gasteiger partial charge in [0.05, 0.1) is 6.04 Å². The van der Waals surface area contributed by atoms with E-state index in [1.165, 1.54) is 12.1 Å². The minimum absolute atomic E-state index is 0.100. The Balaban J connectivity index is 1.91. The molecule has 2 aromatic carbocycles. The van der Waals surface area contributed by atoms with Crippen LogP contribution >= 0.6 is 11.6 Å². The Morgan fingerprint density at radius 2 is 1.92 bits per heavy atom. The molecule has 0 unspecified atom stereocenters. The van der Waals surface area contributed by atoms with E-state index in [2.05, 4.69) is 22.5 Å². The van der Waals surface area contributed by atoms with Crippen LogP contribution in [0.15, 0.2) is 54.7 Å². The van der Waals surface area contributed by atoms with Crippen molar-refractivity contribution < 1.29 is 14.7 Å². The van der Waals surface area contributed by atoms with E-state index < -0.39 is 18.0 Å². The highest BCUT2D eigenvalue weighted by Gasteiger charge is 2.37. The number of halogens is 1. The van der Waals surface area contributed by atoms with Gasteiger partial charge >= 0.3 is 6.03 Å². The Labute approximate surface area is 155 Å². The standard InChI is InChI=1S/C19H18ClN3O3/c1-10-3-6-13(20)9-15(10)22-18(25)16-11(2)21-19(26)23-17(16)12-4-7-14(24)8-5-12/h3-9,16-17,24H,2H2,1H3,(H,22,25)(H2,21,23,26)/t16-,17-/m0/s1. The molecule has 0 spiro atoms. The van der Waals surface area contributed by atoms with Crippen LogP contribution in [-0.4, -0.2) is 17.0 Å². The number of nitrogens with one attached hydrogen (secondary N) is 3. The molecular formula is C19H18ClN3O3. The number of benzene rings is 2. The topological polar surface area (TPSA) is 90.5 Å². The van der Waals surface area contributed by atoms with E-state index in [-0.39, 0.29) is 11.7 Å². The molecule has 2 aromatic rings. The van der Waals surface area contributed by atoms with Crippen LogP contribution in [0.4, 0.5) is 10.5 Å². The van der Waals surface area contributed by atoms with Gasteiger partial charge in [0.15, 0.2) is 0 Å². The summed E-state index contributed by atoms with van der Waals surface area (Å²) in [6.07, 6.45) is 0. The predicted molar refractivity (Wildman–Crippen MR) is 100.0 cm³/mol. The number of hydrogen-bond donors (Lipinski definition) is 4. The molecule has 3 rings (SSSR count). The molecule has 1 aliphatic heterocycles. The minimum Gasteiger partial charge on any atom is -0.508 e. The average molecular weight is 372 g/mol. The minimum atomic E-state index is -0.740. The number of carbonyl (C=O) groups is 2. The molecule has 134 valence electrons. The van der Waals surface area contributed by atoms with E-state index in [9.17, 15) is 14.7 Å². The lowest BCUT2D eigenvalue weighted by atomic mass is 9.88. The maximum absolute atomic E-state index is 12.9. The number of aromatic hydroxyl groups is 1. The summed E-state index contributed by atoms with van der Waals surface area (Å²) < 4.78 is 0. The van der Waals surface area contributed by atoms with Gasteiger partial charge in [-0.25, -0.2) is 4.79 Å². The van der Waals surface area contributed by atoms with Gasteiger partial charge in [0, 0.05) is 16.4 Å². The zero-order valence-electron chi connectivity index (χ0n) is 14.0. The summed E-state index contributed by atoms with van der Waals surface area (Å²) in [5.74, 6) is -0.968. The first-order valence-corrected chi connectivity index (χ1v) is 8.35. The largest absolute Gasteiger partial charge is 0.508 e. The van der Waals surface area contributed by atoms with Crippen molar-refractivity contribution in [2.45, 2.75) is 13.0 Å². The molecule has 3 amide bonds. The van der Waals surface area contributed by atoms with Crippen molar-refractivity contribution in [3.05, 3.63) is 70.9 Å². The summed E-state index contributed by atoms with van der Waals surface area (Å²) in [6.45, 7) is 5.69. The maximum atomic E-state index is 12.9. The zero-order valence-corrected chi connectivity index (χ0v) is 14.8. The van der Waals surface area contributed by atoms with E-state index in [0.29, 0.717) is 22.0 Å². The van der Waals surface area contributed by atoms with E-state index in [0.717, 1.165) is 5.56 Å². The van der Waals surface area contributed by atoms with Gasteiger partial charge < -0.3 is 21.1 Å². The molecule has 2 atom stereocenters. The number of phenolic OH excluding ortho intramolecular Hbond substituents is 1. The summed E-state index contributed by atoms with van der Waals surface area (Å²) >= 11 is 6.01. The van der Waals surface area contributed by atoms with Gasteiger partial charge in [-0.3, -0.25) is 4.79 Å². The third kappa shape index (κ3) is 3.65.